The quantitative estimate of drug-likeness (QED) is 0.923. The molecule has 0 atom stereocenters. The highest BCUT2D eigenvalue weighted by molar-refractivity contribution is 7.92. The molecule has 5 nitrogen and oxygen atoms in total. The van der Waals surface area contributed by atoms with Gasteiger partial charge in [-0.25, -0.2) is 8.42 Å². The molecule has 0 fully saturated rings. The maximum absolute atomic E-state index is 12.3. The van der Waals surface area contributed by atoms with Crippen LogP contribution in [0.25, 0.3) is 0 Å². The van der Waals surface area contributed by atoms with Crippen molar-refractivity contribution in [2.45, 2.75) is 32.1 Å². The van der Waals surface area contributed by atoms with Gasteiger partial charge in [0, 0.05) is 7.05 Å². The molecule has 0 radical (unpaired) electrons. The summed E-state index contributed by atoms with van der Waals surface area (Å²) in [6, 6.07) is 7.02. The second kappa shape index (κ2) is 5.89. The minimum absolute atomic E-state index is 0.262. The highest BCUT2D eigenvalue weighted by Crippen LogP contribution is 2.19. The van der Waals surface area contributed by atoms with Crippen LogP contribution in [0.15, 0.2) is 35.4 Å². The normalized spacial score (nSPS) is 11.9. The summed E-state index contributed by atoms with van der Waals surface area (Å²) in [6.45, 7) is 6.09. The van der Waals surface area contributed by atoms with E-state index in [4.69, 9.17) is 0 Å². The number of benzene rings is 1. The van der Waals surface area contributed by atoms with Crippen molar-refractivity contribution < 1.29 is 8.42 Å². The second-order valence-electron chi connectivity index (χ2n) is 5.61. The Bertz CT molecular complexity index is 716. The molecule has 1 aromatic carbocycles. The van der Waals surface area contributed by atoms with Crippen molar-refractivity contribution in [3.8, 4) is 0 Å². The number of nitrogens with one attached hydrogen (secondary N) is 1. The SMILES string of the molecule is Cc1c(NS(=O)(=O)c2ccc(CC(C)C)cc2)cnn1C. The lowest BCUT2D eigenvalue weighted by Gasteiger charge is -2.09. The first-order chi connectivity index (χ1) is 9.79. The minimum Gasteiger partial charge on any atom is -0.276 e. The van der Waals surface area contributed by atoms with Crippen molar-refractivity contribution in [2.24, 2.45) is 13.0 Å². The summed E-state index contributed by atoms with van der Waals surface area (Å²) in [5, 5.41) is 4.03. The zero-order chi connectivity index (χ0) is 15.6. The zero-order valence-electron chi connectivity index (χ0n) is 12.8. The summed E-state index contributed by atoms with van der Waals surface area (Å²) in [7, 11) is -1.80. The van der Waals surface area contributed by atoms with Gasteiger partial charge in [-0.15, -0.1) is 0 Å². The topological polar surface area (TPSA) is 64.0 Å². The molecule has 0 aliphatic carbocycles. The molecule has 2 aromatic rings. The molecule has 0 bridgehead atoms. The monoisotopic (exact) mass is 307 g/mol. The van der Waals surface area contributed by atoms with Gasteiger partial charge in [0.15, 0.2) is 0 Å². The number of hydrogen-bond acceptors (Lipinski definition) is 3. The molecule has 0 saturated carbocycles. The Morgan fingerprint density at radius 3 is 2.33 bits per heavy atom. The molecule has 2 rings (SSSR count). The molecule has 1 aromatic heterocycles. The largest absolute Gasteiger partial charge is 0.276 e. The fraction of sp³-hybridized carbons (Fsp3) is 0.400. The Labute approximate surface area is 126 Å². The van der Waals surface area contributed by atoms with E-state index < -0.39 is 10.0 Å². The predicted molar refractivity (Wildman–Crippen MR) is 83.7 cm³/mol. The molecular weight excluding hydrogens is 286 g/mol. The van der Waals surface area contributed by atoms with Gasteiger partial charge in [0.1, 0.15) is 0 Å². The van der Waals surface area contributed by atoms with Crippen LogP contribution < -0.4 is 4.72 Å². The third-order valence-electron chi connectivity index (χ3n) is 3.36. The molecule has 6 heteroatoms. The Morgan fingerprint density at radius 1 is 1.24 bits per heavy atom. The molecule has 0 aliphatic heterocycles. The molecule has 0 saturated heterocycles. The van der Waals surface area contributed by atoms with Gasteiger partial charge in [-0.05, 0) is 37.0 Å². The van der Waals surface area contributed by atoms with Gasteiger partial charge in [0.25, 0.3) is 10.0 Å². The fourth-order valence-corrected chi connectivity index (χ4v) is 3.18. The van der Waals surface area contributed by atoms with E-state index in [0.717, 1.165) is 17.7 Å². The fourth-order valence-electron chi connectivity index (χ4n) is 2.08. The third kappa shape index (κ3) is 3.64. The van der Waals surface area contributed by atoms with Gasteiger partial charge < -0.3 is 0 Å². The lowest BCUT2D eigenvalue weighted by molar-refractivity contribution is 0.601. The van der Waals surface area contributed by atoms with Crippen LogP contribution in [0, 0.1) is 12.8 Å². The Morgan fingerprint density at radius 2 is 1.86 bits per heavy atom. The Hall–Kier alpha value is -1.82. The first-order valence-electron chi connectivity index (χ1n) is 6.90. The van der Waals surface area contributed by atoms with Crippen LogP contribution in [0.4, 0.5) is 5.69 Å². The maximum atomic E-state index is 12.3. The number of hydrogen-bond donors (Lipinski definition) is 1. The van der Waals surface area contributed by atoms with Crippen LogP contribution in [0.3, 0.4) is 0 Å². The van der Waals surface area contributed by atoms with Gasteiger partial charge >= 0.3 is 0 Å². The summed E-state index contributed by atoms with van der Waals surface area (Å²) in [5.74, 6) is 0.545. The van der Waals surface area contributed by atoms with Crippen molar-refractivity contribution in [2.75, 3.05) is 4.72 Å². The van der Waals surface area contributed by atoms with Gasteiger partial charge in [-0.1, -0.05) is 26.0 Å². The lowest BCUT2D eigenvalue weighted by Crippen LogP contribution is -2.13. The number of nitrogens with zero attached hydrogens (tertiary/aromatic N) is 2. The van der Waals surface area contributed by atoms with Crippen molar-refractivity contribution in [1.29, 1.82) is 0 Å². The second-order valence-corrected chi connectivity index (χ2v) is 7.30. The van der Waals surface area contributed by atoms with Crippen LogP contribution in [0.2, 0.25) is 0 Å². The van der Waals surface area contributed by atoms with E-state index in [9.17, 15) is 8.42 Å². The summed E-state index contributed by atoms with van der Waals surface area (Å²) in [6.07, 6.45) is 2.45. The van der Waals surface area contributed by atoms with E-state index in [-0.39, 0.29) is 4.90 Å². The lowest BCUT2D eigenvalue weighted by atomic mass is 10.0. The minimum atomic E-state index is -3.57. The maximum Gasteiger partial charge on any atom is 0.262 e. The molecule has 1 heterocycles. The number of aromatic nitrogens is 2. The average Bonchev–Trinajstić information content (AvgIpc) is 2.70. The van der Waals surface area contributed by atoms with E-state index in [2.05, 4.69) is 23.7 Å². The van der Waals surface area contributed by atoms with E-state index in [1.165, 1.54) is 6.20 Å². The molecule has 0 unspecified atom stereocenters. The smallest absolute Gasteiger partial charge is 0.262 e. The Kier molecular flexibility index (Phi) is 4.37. The summed E-state index contributed by atoms with van der Waals surface area (Å²) in [4.78, 5) is 0.262. The van der Waals surface area contributed by atoms with Gasteiger partial charge in [0.05, 0.1) is 22.5 Å². The predicted octanol–water partition coefficient (Wildman–Crippen LogP) is 2.73. The average molecular weight is 307 g/mol. The summed E-state index contributed by atoms with van der Waals surface area (Å²) < 4.78 is 28.9. The highest BCUT2D eigenvalue weighted by atomic mass is 32.2. The summed E-state index contributed by atoms with van der Waals surface area (Å²) >= 11 is 0. The first-order valence-corrected chi connectivity index (χ1v) is 8.38. The highest BCUT2D eigenvalue weighted by Gasteiger charge is 2.16. The van der Waals surface area contributed by atoms with Crippen molar-refractivity contribution >= 4 is 15.7 Å². The first kappa shape index (κ1) is 15.6. The molecular formula is C15H21N3O2S. The number of rotatable bonds is 5. The van der Waals surface area contributed by atoms with Gasteiger partial charge in [-0.2, -0.15) is 5.10 Å². The van der Waals surface area contributed by atoms with Crippen molar-refractivity contribution in [3.63, 3.8) is 0 Å². The Balaban J connectivity index is 2.21. The zero-order valence-corrected chi connectivity index (χ0v) is 13.6. The van der Waals surface area contributed by atoms with Crippen molar-refractivity contribution in [1.82, 2.24) is 9.78 Å². The summed E-state index contributed by atoms with van der Waals surface area (Å²) in [5.41, 5.74) is 2.42. The van der Waals surface area contributed by atoms with Crippen LogP contribution in [0.1, 0.15) is 25.1 Å². The van der Waals surface area contributed by atoms with Gasteiger partial charge in [0.2, 0.25) is 0 Å². The number of anilines is 1. The standard InChI is InChI=1S/C15H21N3O2S/c1-11(2)9-13-5-7-14(8-6-13)21(19,20)17-15-10-16-18(4)12(15)3/h5-8,10-11,17H,9H2,1-4H3. The molecule has 1 N–H and O–H groups in total. The molecule has 0 aliphatic rings. The van der Waals surface area contributed by atoms with Gasteiger partial charge in [-0.3, -0.25) is 9.40 Å². The third-order valence-corrected chi connectivity index (χ3v) is 4.74. The number of sulfonamides is 1. The molecule has 114 valence electrons. The van der Waals surface area contributed by atoms with Crippen LogP contribution >= 0.6 is 0 Å². The molecule has 0 amide bonds. The number of aryl methyl sites for hydroxylation is 1. The van der Waals surface area contributed by atoms with E-state index in [0.29, 0.717) is 11.6 Å². The van der Waals surface area contributed by atoms with E-state index in [1.54, 1.807) is 23.9 Å². The van der Waals surface area contributed by atoms with Crippen LogP contribution in [-0.4, -0.2) is 18.2 Å². The van der Waals surface area contributed by atoms with Crippen LogP contribution in [-0.2, 0) is 23.5 Å². The van der Waals surface area contributed by atoms with E-state index in [1.807, 2.05) is 19.1 Å². The van der Waals surface area contributed by atoms with E-state index >= 15 is 0 Å². The molecule has 0 spiro atoms. The van der Waals surface area contributed by atoms with Crippen molar-refractivity contribution in [3.05, 3.63) is 41.7 Å². The van der Waals surface area contributed by atoms with Crippen LogP contribution in [0.5, 0.6) is 0 Å². The molecule has 21 heavy (non-hydrogen) atoms.